The van der Waals surface area contributed by atoms with Crippen LogP contribution in [0.5, 0.6) is 0 Å². The van der Waals surface area contributed by atoms with Gasteiger partial charge >= 0.3 is 0 Å². The highest BCUT2D eigenvalue weighted by Gasteiger charge is 2.36. The fourth-order valence-corrected chi connectivity index (χ4v) is 8.52. The van der Waals surface area contributed by atoms with E-state index in [1.807, 2.05) is 24.3 Å². The third-order valence-electron chi connectivity index (χ3n) is 11.6. The number of ketones is 2. The highest BCUT2D eigenvalue weighted by molar-refractivity contribution is 6.29. The van der Waals surface area contributed by atoms with Gasteiger partial charge in [-0.3, -0.25) is 9.59 Å². The first kappa shape index (κ1) is 41.2. The number of hydrogen-bond acceptors (Lipinski definition) is 2. The number of unbranched alkanes of at least 4 members (excludes halogenated alkanes) is 23. The Hall–Kier alpha value is -2.22. The second-order valence-corrected chi connectivity index (χ2v) is 15.7. The second-order valence-electron chi connectivity index (χ2n) is 15.7. The van der Waals surface area contributed by atoms with E-state index in [-0.39, 0.29) is 17.5 Å². The third-order valence-corrected chi connectivity index (χ3v) is 11.6. The normalized spacial score (nSPS) is 13.2. The van der Waals surface area contributed by atoms with Crippen LogP contribution in [0.4, 0.5) is 0 Å². The van der Waals surface area contributed by atoms with Gasteiger partial charge in [0.15, 0.2) is 11.6 Å². The zero-order valence-electron chi connectivity index (χ0n) is 32.8. The summed E-state index contributed by atoms with van der Waals surface area (Å²) in [6.07, 6.45) is 35.8. The number of carbonyl (C=O) groups is 2. The van der Waals surface area contributed by atoms with Gasteiger partial charge in [0.2, 0.25) is 0 Å². The number of fused-ring (bicyclic) bond motifs is 2. The van der Waals surface area contributed by atoms with Crippen LogP contribution in [0.15, 0.2) is 24.3 Å². The fourth-order valence-electron chi connectivity index (χ4n) is 8.52. The Bertz CT molecular complexity index is 1250. The zero-order chi connectivity index (χ0) is 35.3. The van der Waals surface area contributed by atoms with Crippen molar-refractivity contribution in [3.8, 4) is 0 Å². The number of hydrogen-bond donors (Lipinski definition) is 0. The molecule has 0 heterocycles. The van der Waals surface area contributed by atoms with Crippen LogP contribution in [0.1, 0.15) is 248 Å². The van der Waals surface area contributed by atoms with Crippen molar-refractivity contribution in [2.75, 3.05) is 0 Å². The molecule has 1 aliphatic carbocycles. The molecule has 2 aromatic rings. The Morgan fingerprint density at radius 2 is 0.837 bits per heavy atom. The summed E-state index contributed by atoms with van der Waals surface area (Å²) >= 11 is 0. The highest BCUT2D eigenvalue weighted by atomic mass is 16.1. The minimum absolute atomic E-state index is 0.0492. The monoisotopic (exact) mass is 671 g/mol. The Morgan fingerprint density at radius 3 is 1.27 bits per heavy atom. The number of carbonyl (C=O) groups excluding carboxylic acids is 2. The molecule has 0 N–H and O–H groups in total. The predicted octanol–water partition coefficient (Wildman–Crippen LogP) is 14.9. The molecule has 0 bridgehead atoms. The Labute approximate surface area is 303 Å². The van der Waals surface area contributed by atoms with Crippen LogP contribution in [0.25, 0.3) is 0 Å². The molecule has 2 aromatic carbocycles. The number of benzene rings is 2. The van der Waals surface area contributed by atoms with Crippen LogP contribution in [0.3, 0.4) is 0 Å². The average Bonchev–Trinajstić information content (AvgIpc) is 3.10. The molecule has 1 atom stereocenters. The summed E-state index contributed by atoms with van der Waals surface area (Å²) in [5.41, 5.74) is 7.43. The van der Waals surface area contributed by atoms with Crippen LogP contribution in [0.2, 0.25) is 0 Å². The summed E-state index contributed by atoms with van der Waals surface area (Å²) in [5, 5.41) is 0. The molecule has 0 fully saturated rings. The largest absolute Gasteiger partial charge is 0.289 e. The molecule has 0 aromatic heterocycles. The van der Waals surface area contributed by atoms with Gasteiger partial charge in [-0.2, -0.15) is 0 Å². The minimum atomic E-state index is 0.0492. The second kappa shape index (κ2) is 24.1. The quantitative estimate of drug-likeness (QED) is 0.0721. The summed E-state index contributed by atoms with van der Waals surface area (Å²) in [7, 11) is 0. The zero-order valence-corrected chi connectivity index (χ0v) is 32.8. The van der Waals surface area contributed by atoms with E-state index in [1.165, 1.54) is 171 Å². The van der Waals surface area contributed by atoms with Crippen molar-refractivity contribution in [3.05, 3.63) is 68.8 Å². The van der Waals surface area contributed by atoms with E-state index in [1.54, 1.807) is 0 Å². The first-order chi connectivity index (χ1) is 23.9. The van der Waals surface area contributed by atoms with Gasteiger partial charge in [0, 0.05) is 22.3 Å². The van der Waals surface area contributed by atoms with E-state index in [0.29, 0.717) is 16.7 Å². The van der Waals surface area contributed by atoms with E-state index in [4.69, 9.17) is 0 Å². The van der Waals surface area contributed by atoms with Gasteiger partial charge in [-0.1, -0.05) is 199 Å². The molecule has 2 heteroatoms. The number of rotatable bonds is 28. The summed E-state index contributed by atoms with van der Waals surface area (Å²) < 4.78 is 0. The Morgan fingerprint density at radius 1 is 0.469 bits per heavy atom. The van der Waals surface area contributed by atoms with E-state index in [0.717, 1.165) is 30.4 Å². The first-order valence-corrected chi connectivity index (χ1v) is 21.3. The van der Waals surface area contributed by atoms with Crippen molar-refractivity contribution < 1.29 is 9.59 Å². The Kier molecular flexibility index (Phi) is 20.2. The van der Waals surface area contributed by atoms with Gasteiger partial charge in [-0.25, -0.2) is 0 Å². The smallest absolute Gasteiger partial charge is 0.194 e. The predicted molar refractivity (Wildman–Crippen MR) is 213 cm³/mol. The average molecular weight is 671 g/mol. The van der Waals surface area contributed by atoms with E-state index >= 15 is 0 Å². The molecule has 274 valence electrons. The van der Waals surface area contributed by atoms with Gasteiger partial charge in [0.25, 0.3) is 0 Å². The molecule has 49 heavy (non-hydrogen) atoms. The molecule has 1 aliphatic rings. The molecule has 0 amide bonds. The SMILES string of the molecule is CCCCCCCCCCCCCCCc1c(C)c2c(c(C(C)CCCCCCCCCCCCCC)c1C)C(=O)c1ccccc1C2=O. The van der Waals surface area contributed by atoms with Crippen molar-refractivity contribution >= 4 is 11.6 Å². The molecular weight excluding hydrogens is 597 g/mol. The van der Waals surface area contributed by atoms with Crippen LogP contribution in [0, 0.1) is 13.8 Å². The molecule has 0 spiro atoms. The van der Waals surface area contributed by atoms with Crippen molar-refractivity contribution in [1.82, 2.24) is 0 Å². The molecule has 0 saturated carbocycles. The van der Waals surface area contributed by atoms with Crippen LogP contribution < -0.4 is 0 Å². The molecule has 2 nitrogen and oxygen atoms in total. The maximum Gasteiger partial charge on any atom is 0.194 e. The topological polar surface area (TPSA) is 34.1 Å². The van der Waals surface area contributed by atoms with Gasteiger partial charge in [0.1, 0.15) is 0 Å². The highest BCUT2D eigenvalue weighted by Crippen LogP contribution is 2.40. The van der Waals surface area contributed by atoms with Gasteiger partial charge in [-0.05, 0) is 61.3 Å². The first-order valence-electron chi connectivity index (χ1n) is 21.3. The molecule has 0 aliphatic heterocycles. The molecule has 0 radical (unpaired) electrons. The van der Waals surface area contributed by atoms with Gasteiger partial charge in [0.05, 0.1) is 0 Å². The molecular formula is C47H74O2. The minimum Gasteiger partial charge on any atom is -0.289 e. The summed E-state index contributed by atoms with van der Waals surface area (Å²) in [5.74, 6) is 0.374. The van der Waals surface area contributed by atoms with Gasteiger partial charge < -0.3 is 0 Å². The van der Waals surface area contributed by atoms with Gasteiger partial charge in [-0.15, -0.1) is 0 Å². The lowest BCUT2D eigenvalue weighted by Crippen LogP contribution is -2.26. The molecule has 3 rings (SSSR count). The summed E-state index contributed by atoms with van der Waals surface area (Å²) in [6, 6.07) is 7.49. The van der Waals surface area contributed by atoms with Crippen LogP contribution in [-0.4, -0.2) is 11.6 Å². The maximum absolute atomic E-state index is 14.1. The fraction of sp³-hybridized carbons (Fsp3) is 0.702. The van der Waals surface area contributed by atoms with Crippen molar-refractivity contribution in [2.45, 2.75) is 214 Å². The van der Waals surface area contributed by atoms with E-state index in [9.17, 15) is 9.59 Å². The van der Waals surface area contributed by atoms with Crippen molar-refractivity contribution in [2.24, 2.45) is 0 Å². The lowest BCUT2D eigenvalue weighted by molar-refractivity contribution is 0.0977. The molecule has 1 unspecified atom stereocenters. The lowest BCUT2D eigenvalue weighted by atomic mass is 9.73. The summed E-state index contributed by atoms with van der Waals surface area (Å²) in [6.45, 7) is 11.2. The third kappa shape index (κ3) is 13.1. The standard InChI is InChI=1S/C47H74O2/c1-6-8-10-12-14-16-18-20-22-24-26-28-30-34-40-38(4)43(37(3)33-29-27-25-23-21-19-17-15-13-11-9-7-2)45-44(39(40)5)46(48)41-35-31-32-36-42(41)47(45)49/h31-32,35-37H,6-30,33-34H2,1-5H3. The maximum atomic E-state index is 14.1. The summed E-state index contributed by atoms with van der Waals surface area (Å²) in [4.78, 5) is 28.1. The Balaban J connectivity index is 1.56. The molecule has 0 saturated heterocycles. The van der Waals surface area contributed by atoms with Crippen LogP contribution in [-0.2, 0) is 6.42 Å². The van der Waals surface area contributed by atoms with E-state index < -0.39 is 0 Å². The van der Waals surface area contributed by atoms with Crippen molar-refractivity contribution in [1.29, 1.82) is 0 Å². The van der Waals surface area contributed by atoms with Crippen LogP contribution >= 0.6 is 0 Å². The van der Waals surface area contributed by atoms with E-state index in [2.05, 4.69) is 34.6 Å². The lowest BCUT2D eigenvalue weighted by Gasteiger charge is -2.29. The van der Waals surface area contributed by atoms with Crippen molar-refractivity contribution in [3.63, 3.8) is 0 Å².